The molecule has 1 aliphatic rings. The Morgan fingerprint density at radius 3 is 2.44 bits per heavy atom. The van der Waals surface area contributed by atoms with Crippen LogP contribution in [0.5, 0.6) is 0 Å². The van der Waals surface area contributed by atoms with Crippen molar-refractivity contribution in [3.05, 3.63) is 53.4 Å². The molecule has 1 aliphatic heterocycles. The smallest absolute Gasteiger partial charge is 0.278 e. The van der Waals surface area contributed by atoms with Crippen LogP contribution in [-0.2, 0) is 14.8 Å². The molecule has 0 radical (unpaired) electrons. The lowest BCUT2D eigenvalue weighted by Gasteiger charge is -2.32. The number of amides is 1. The molecule has 1 N–H and O–H groups in total. The Kier molecular flexibility index (Phi) is 6.31. The third-order valence-corrected chi connectivity index (χ3v) is 8.45. The number of sulfonamides is 1. The topological polar surface area (TPSA) is 62.1 Å². The molecule has 0 aliphatic carbocycles. The van der Waals surface area contributed by atoms with Crippen molar-refractivity contribution in [3.8, 4) is 0 Å². The molecule has 3 rings (SSSR count). The van der Waals surface area contributed by atoms with Gasteiger partial charge < -0.3 is 9.80 Å². The van der Waals surface area contributed by atoms with Gasteiger partial charge in [-0.15, -0.1) is 11.3 Å². The van der Waals surface area contributed by atoms with Crippen LogP contribution in [0.4, 0.5) is 0 Å². The monoisotopic (exact) mass is 408 g/mol. The summed E-state index contributed by atoms with van der Waals surface area (Å²) in [5, 5.41) is 1.77. The molecule has 6 nitrogen and oxygen atoms in total. The molecule has 0 saturated carbocycles. The first-order chi connectivity index (χ1) is 12.9. The minimum Gasteiger partial charge on any atom is -0.334 e. The van der Waals surface area contributed by atoms with Crippen LogP contribution in [-0.4, -0.2) is 63.3 Å². The highest BCUT2D eigenvalue weighted by molar-refractivity contribution is 7.91. The second-order valence-electron chi connectivity index (χ2n) is 6.85. The van der Waals surface area contributed by atoms with E-state index in [0.717, 1.165) is 10.5 Å². The standard InChI is InChI=1S/C19H25N3O3S2/c1-16(17-7-4-3-5-8-17)20(2)18(23)15-21-10-12-22(13-11-21)27(24,25)19-9-6-14-26-19/h3-9,14,16H,10-13,15H2,1-2H3/p+1/t16-/m0/s1. The third-order valence-electron chi connectivity index (χ3n) is 5.18. The summed E-state index contributed by atoms with van der Waals surface area (Å²) in [6, 6.07) is 13.4. The predicted octanol–water partition coefficient (Wildman–Crippen LogP) is 0.857. The van der Waals surface area contributed by atoms with Crippen molar-refractivity contribution in [2.75, 3.05) is 39.8 Å². The Balaban J connectivity index is 1.54. The molecule has 2 heterocycles. The molecule has 0 unspecified atom stereocenters. The normalized spacial score (nSPS) is 17.6. The number of benzene rings is 1. The molecule has 0 bridgehead atoms. The maximum absolute atomic E-state index is 12.7. The van der Waals surface area contributed by atoms with E-state index in [-0.39, 0.29) is 11.9 Å². The van der Waals surface area contributed by atoms with Crippen molar-refractivity contribution in [3.63, 3.8) is 0 Å². The van der Waals surface area contributed by atoms with Crippen LogP contribution >= 0.6 is 11.3 Å². The van der Waals surface area contributed by atoms with Crippen molar-refractivity contribution >= 4 is 27.3 Å². The van der Waals surface area contributed by atoms with Crippen molar-refractivity contribution in [1.82, 2.24) is 9.21 Å². The molecular formula is C19H26N3O3S2+. The highest BCUT2D eigenvalue weighted by atomic mass is 32.2. The number of quaternary nitrogens is 1. The number of carbonyl (C=O) groups excluding carboxylic acids is 1. The van der Waals surface area contributed by atoms with E-state index in [1.54, 1.807) is 22.4 Å². The fourth-order valence-corrected chi connectivity index (χ4v) is 5.85. The summed E-state index contributed by atoms with van der Waals surface area (Å²) in [6.07, 6.45) is 0. The minimum atomic E-state index is -3.39. The van der Waals surface area contributed by atoms with Gasteiger partial charge in [0.15, 0.2) is 6.54 Å². The van der Waals surface area contributed by atoms with Crippen molar-refractivity contribution in [1.29, 1.82) is 0 Å². The van der Waals surface area contributed by atoms with Crippen LogP contribution in [0, 0.1) is 0 Å². The maximum atomic E-state index is 12.7. The molecular weight excluding hydrogens is 382 g/mol. The van der Waals surface area contributed by atoms with Crippen LogP contribution in [0.3, 0.4) is 0 Å². The SMILES string of the molecule is C[C@@H](c1ccccc1)N(C)C(=O)C[NH+]1CCN(S(=O)(=O)c2cccs2)CC1. The summed E-state index contributed by atoms with van der Waals surface area (Å²) in [4.78, 5) is 15.6. The number of hydrogen-bond acceptors (Lipinski definition) is 4. The lowest BCUT2D eigenvalue weighted by Crippen LogP contribution is -3.15. The highest BCUT2D eigenvalue weighted by Crippen LogP contribution is 2.21. The van der Waals surface area contributed by atoms with Crippen LogP contribution in [0.2, 0.25) is 0 Å². The Bertz CT molecular complexity index is 846. The van der Waals surface area contributed by atoms with E-state index in [0.29, 0.717) is 36.9 Å². The Labute approximate surface area is 165 Å². The minimum absolute atomic E-state index is 0.0126. The molecule has 2 aromatic rings. The second kappa shape index (κ2) is 8.52. The van der Waals surface area contributed by atoms with Gasteiger partial charge in [0.2, 0.25) is 0 Å². The van der Waals surface area contributed by atoms with Gasteiger partial charge in [-0.1, -0.05) is 36.4 Å². The lowest BCUT2D eigenvalue weighted by atomic mass is 10.1. The van der Waals surface area contributed by atoms with Crippen molar-refractivity contribution in [2.24, 2.45) is 0 Å². The molecule has 1 aromatic heterocycles. The van der Waals surface area contributed by atoms with Gasteiger partial charge in [-0.05, 0) is 23.9 Å². The average Bonchev–Trinajstić information content (AvgIpc) is 3.23. The Hall–Kier alpha value is -1.74. The zero-order valence-electron chi connectivity index (χ0n) is 15.7. The van der Waals surface area contributed by atoms with Crippen molar-refractivity contribution in [2.45, 2.75) is 17.2 Å². The molecule has 8 heteroatoms. The summed E-state index contributed by atoms with van der Waals surface area (Å²) >= 11 is 1.24. The zero-order valence-corrected chi connectivity index (χ0v) is 17.3. The number of nitrogens with one attached hydrogen (secondary N) is 1. The number of piperazine rings is 1. The van der Waals surface area contributed by atoms with Gasteiger partial charge in [-0.3, -0.25) is 4.79 Å². The van der Waals surface area contributed by atoms with E-state index in [4.69, 9.17) is 0 Å². The van der Waals surface area contributed by atoms with Gasteiger partial charge in [0.25, 0.3) is 15.9 Å². The summed E-state index contributed by atoms with van der Waals surface area (Å²) in [6.45, 7) is 4.59. The molecule has 1 atom stereocenters. The molecule has 0 spiro atoms. The van der Waals surface area contributed by atoms with Crippen LogP contribution in [0.25, 0.3) is 0 Å². The van der Waals surface area contributed by atoms with Crippen LogP contribution < -0.4 is 4.90 Å². The van der Waals surface area contributed by atoms with Crippen LogP contribution in [0.15, 0.2) is 52.1 Å². The van der Waals surface area contributed by atoms with E-state index < -0.39 is 10.0 Å². The largest absolute Gasteiger partial charge is 0.334 e. The number of hydrogen-bond donors (Lipinski definition) is 1. The zero-order chi connectivity index (χ0) is 19.4. The fourth-order valence-electron chi connectivity index (χ4n) is 3.27. The summed E-state index contributed by atoms with van der Waals surface area (Å²) in [5.41, 5.74) is 1.11. The number of likely N-dealkylation sites (N-methyl/N-ethyl adjacent to an activating group) is 1. The summed E-state index contributed by atoms with van der Waals surface area (Å²) < 4.78 is 27.1. The molecule has 146 valence electrons. The second-order valence-corrected chi connectivity index (χ2v) is 9.97. The van der Waals surface area contributed by atoms with Gasteiger partial charge in [0, 0.05) is 7.05 Å². The summed E-state index contributed by atoms with van der Waals surface area (Å²) in [5.74, 6) is 0.0796. The van der Waals surface area contributed by atoms with Crippen molar-refractivity contribution < 1.29 is 18.1 Å². The fraction of sp³-hybridized carbons (Fsp3) is 0.421. The van der Waals surface area contributed by atoms with Gasteiger partial charge in [-0.25, -0.2) is 8.42 Å². The number of nitrogens with zero attached hydrogens (tertiary/aromatic N) is 2. The van der Waals surface area contributed by atoms with Crippen LogP contribution in [0.1, 0.15) is 18.5 Å². The van der Waals surface area contributed by atoms with E-state index in [1.165, 1.54) is 15.6 Å². The van der Waals surface area contributed by atoms with Gasteiger partial charge in [-0.2, -0.15) is 4.31 Å². The molecule has 1 saturated heterocycles. The third kappa shape index (κ3) is 4.57. The van der Waals surface area contributed by atoms with E-state index >= 15 is 0 Å². The van der Waals surface area contributed by atoms with E-state index in [2.05, 4.69) is 0 Å². The van der Waals surface area contributed by atoms with E-state index in [9.17, 15) is 13.2 Å². The summed E-state index contributed by atoms with van der Waals surface area (Å²) in [7, 11) is -1.56. The first kappa shape index (κ1) is 20.0. The highest BCUT2D eigenvalue weighted by Gasteiger charge is 2.32. The average molecular weight is 409 g/mol. The van der Waals surface area contributed by atoms with Gasteiger partial charge >= 0.3 is 0 Å². The van der Waals surface area contributed by atoms with Gasteiger partial charge in [0.05, 0.1) is 32.2 Å². The number of thiophene rings is 1. The lowest BCUT2D eigenvalue weighted by molar-refractivity contribution is -0.896. The molecule has 1 amide bonds. The van der Waals surface area contributed by atoms with Gasteiger partial charge in [0.1, 0.15) is 4.21 Å². The molecule has 1 fully saturated rings. The molecule has 27 heavy (non-hydrogen) atoms. The predicted molar refractivity (Wildman–Crippen MR) is 106 cm³/mol. The Morgan fingerprint density at radius 1 is 1.19 bits per heavy atom. The Morgan fingerprint density at radius 2 is 1.85 bits per heavy atom. The first-order valence-electron chi connectivity index (χ1n) is 9.07. The van der Waals surface area contributed by atoms with E-state index in [1.807, 2.05) is 44.3 Å². The molecule has 1 aromatic carbocycles. The number of carbonyl (C=O) groups is 1. The quantitative estimate of drug-likeness (QED) is 0.771. The number of rotatable bonds is 6. The first-order valence-corrected chi connectivity index (χ1v) is 11.4. The maximum Gasteiger partial charge on any atom is 0.278 e.